The van der Waals surface area contributed by atoms with Gasteiger partial charge in [-0.05, 0) is 34.1 Å². The second kappa shape index (κ2) is 13.9. The number of rotatable bonds is 9. The SMILES string of the molecule is CC(C)(C)C(=O)c1c[nH]c2ncc(Oc3ccccc3)nc12.CC(C)(C)C(=O)c1cn(COCC[Si](C)(C)C)c2ncc(Br)nc12. The summed E-state index contributed by atoms with van der Waals surface area (Å²) in [5.74, 6) is 1.11. The number of carbonyl (C=O) groups is 2. The molecule has 0 fully saturated rings. The Kier molecular flexibility index (Phi) is 10.6. The van der Waals surface area contributed by atoms with Gasteiger partial charge in [-0.2, -0.15) is 0 Å². The van der Waals surface area contributed by atoms with Gasteiger partial charge in [-0.25, -0.2) is 19.9 Å². The molecule has 0 aliphatic rings. The smallest absolute Gasteiger partial charge is 0.238 e. The average Bonchev–Trinajstić information content (AvgIpc) is 3.54. The highest BCUT2D eigenvalue weighted by Gasteiger charge is 2.28. The standard InChI is InChI=1S/C17H26BrN3O2Si.C17H17N3O2/c1-17(2,3)15(22)12-10-21(11-23-7-8-24(4,5)6)16-14(12)20-13(18)9-19-16;1-17(2,3)15(21)12-9-18-16-14(12)20-13(10-19-16)22-11-7-5-4-6-8-11/h9-10H,7-8,11H2,1-6H3;4-10H,1-3H3,(H,18,19). The Morgan fingerprint density at radius 1 is 0.891 bits per heavy atom. The molecule has 5 aromatic rings. The summed E-state index contributed by atoms with van der Waals surface area (Å²) in [5, 5.41) is 0. The molecule has 4 aromatic heterocycles. The molecule has 0 spiro atoms. The molecule has 0 radical (unpaired) electrons. The van der Waals surface area contributed by atoms with Gasteiger partial charge in [-0.15, -0.1) is 0 Å². The van der Waals surface area contributed by atoms with Crippen LogP contribution in [0.4, 0.5) is 0 Å². The molecule has 5 rings (SSSR count). The Morgan fingerprint density at radius 3 is 2.17 bits per heavy atom. The Morgan fingerprint density at radius 2 is 1.54 bits per heavy atom. The lowest BCUT2D eigenvalue weighted by atomic mass is 9.87. The number of hydrogen-bond donors (Lipinski definition) is 1. The first kappa shape index (κ1) is 35.1. The zero-order valence-electron chi connectivity index (χ0n) is 28.1. The number of Topliss-reactive ketones (excluding diaryl/α,β-unsaturated/α-hetero) is 2. The molecule has 10 nitrogen and oxygen atoms in total. The minimum Gasteiger partial charge on any atom is -0.437 e. The van der Waals surface area contributed by atoms with Crippen LogP contribution in [0.5, 0.6) is 11.6 Å². The van der Waals surface area contributed by atoms with E-state index in [0.717, 1.165) is 12.7 Å². The molecule has 0 aliphatic carbocycles. The maximum Gasteiger partial charge on any atom is 0.238 e. The molecule has 0 atom stereocenters. The fraction of sp³-hybridized carbons (Fsp3) is 0.412. The number of carbonyl (C=O) groups excluding carboxylic acids is 2. The van der Waals surface area contributed by atoms with Gasteiger partial charge in [0.15, 0.2) is 22.9 Å². The summed E-state index contributed by atoms with van der Waals surface area (Å²) in [6.45, 7) is 19.5. The summed E-state index contributed by atoms with van der Waals surface area (Å²) in [5.41, 5.74) is 2.60. The van der Waals surface area contributed by atoms with Crippen molar-refractivity contribution in [2.45, 2.75) is 74.0 Å². The summed E-state index contributed by atoms with van der Waals surface area (Å²) in [6.07, 6.45) is 6.66. The number of fused-ring (bicyclic) bond motifs is 2. The molecule has 12 heteroatoms. The first-order chi connectivity index (χ1) is 21.4. The highest BCUT2D eigenvalue weighted by Crippen LogP contribution is 2.29. The minimum atomic E-state index is -1.12. The van der Waals surface area contributed by atoms with E-state index in [9.17, 15) is 9.59 Å². The van der Waals surface area contributed by atoms with Crippen molar-refractivity contribution in [1.29, 1.82) is 0 Å². The fourth-order valence-electron chi connectivity index (χ4n) is 4.35. The minimum absolute atomic E-state index is 0.0184. The molecule has 0 unspecified atom stereocenters. The number of ether oxygens (including phenoxy) is 2. The zero-order valence-corrected chi connectivity index (χ0v) is 30.7. The molecule has 244 valence electrons. The van der Waals surface area contributed by atoms with Crippen LogP contribution >= 0.6 is 15.9 Å². The Hall–Kier alpha value is -3.74. The predicted molar refractivity (Wildman–Crippen MR) is 187 cm³/mol. The first-order valence-corrected chi connectivity index (χ1v) is 19.7. The number of halogens is 1. The van der Waals surface area contributed by atoms with Crippen LogP contribution in [-0.4, -0.2) is 55.7 Å². The number of H-pyrrole nitrogens is 1. The average molecular weight is 708 g/mol. The zero-order chi connectivity index (χ0) is 33.9. The third-order valence-corrected chi connectivity index (χ3v) is 9.02. The first-order valence-electron chi connectivity index (χ1n) is 15.2. The van der Waals surface area contributed by atoms with Gasteiger partial charge in [-0.1, -0.05) is 79.4 Å². The highest BCUT2D eigenvalue weighted by molar-refractivity contribution is 9.10. The molecule has 0 aliphatic heterocycles. The molecule has 0 bridgehead atoms. The van der Waals surface area contributed by atoms with E-state index in [1.54, 1.807) is 12.4 Å². The van der Waals surface area contributed by atoms with Gasteiger partial charge in [-0.3, -0.25) is 9.59 Å². The van der Waals surface area contributed by atoms with Crippen molar-refractivity contribution in [3.8, 4) is 11.6 Å². The van der Waals surface area contributed by atoms with Crippen molar-refractivity contribution in [3.63, 3.8) is 0 Å². The molecule has 4 heterocycles. The van der Waals surface area contributed by atoms with Gasteiger partial charge in [0.1, 0.15) is 28.1 Å². The number of ketones is 2. The number of nitrogens with one attached hydrogen (secondary N) is 1. The third-order valence-electron chi connectivity index (χ3n) is 6.94. The van der Waals surface area contributed by atoms with Crippen LogP contribution in [0.15, 0.2) is 59.7 Å². The normalized spacial score (nSPS) is 12.2. The van der Waals surface area contributed by atoms with E-state index in [4.69, 9.17) is 9.47 Å². The van der Waals surface area contributed by atoms with Gasteiger partial charge in [0.2, 0.25) is 5.88 Å². The van der Waals surface area contributed by atoms with Crippen LogP contribution in [0.25, 0.3) is 22.3 Å². The molecule has 0 amide bonds. The van der Waals surface area contributed by atoms with E-state index in [1.165, 1.54) is 6.20 Å². The number of hydrogen-bond acceptors (Lipinski definition) is 8. The number of para-hydroxylation sites is 1. The summed E-state index contributed by atoms with van der Waals surface area (Å²) in [7, 11) is -1.12. The lowest BCUT2D eigenvalue weighted by Gasteiger charge is -2.16. The molecular formula is C34H43BrN6O4Si. The van der Waals surface area contributed by atoms with Crippen molar-refractivity contribution >= 4 is 57.9 Å². The Bertz CT molecular complexity index is 1830. The summed E-state index contributed by atoms with van der Waals surface area (Å²) in [4.78, 5) is 45.8. The van der Waals surface area contributed by atoms with E-state index in [0.29, 0.717) is 56.4 Å². The molecule has 0 saturated carbocycles. The number of benzene rings is 1. The van der Waals surface area contributed by atoms with Crippen molar-refractivity contribution < 1.29 is 19.1 Å². The second-order valence-corrected chi connectivity index (χ2v) is 20.8. The van der Waals surface area contributed by atoms with Crippen molar-refractivity contribution in [2.75, 3.05) is 6.61 Å². The lowest BCUT2D eigenvalue weighted by molar-refractivity contribution is 0.0846. The quantitative estimate of drug-likeness (QED) is 0.0917. The monoisotopic (exact) mass is 706 g/mol. The molecule has 1 aromatic carbocycles. The molecule has 0 saturated heterocycles. The van der Waals surface area contributed by atoms with Gasteiger partial charge in [0.05, 0.1) is 23.5 Å². The predicted octanol–water partition coefficient (Wildman–Crippen LogP) is 8.71. The maximum absolute atomic E-state index is 12.7. The Balaban J connectivity index is 0.000000209. The van der Waals surface area contributed by atoms with Crippen molar-refractivity contribution in [1.82, 2.24) is 29.5 Å². The highest BCUT2D eigenvalue weighted by atomic mass is 79.9. The number of aromatic amines is 1. The van der Waals surface area contributed by atoms with Gasteiger partial charge in [0, 0.05) is 37.9 Å². The van der Waals surface area contributed by atoms with Gasteiger partial charge in [0.25, 0.3) is 0 Å². The van der Waals surface area contributed by atoms with Gasteiger partial charge >= 0.3 is 0 Å². The van der Waals surface area contributed by atoms with Crippen LogP contribution in [-0.2, 0) is 11.5 Å². The fourth-order valence-corrected chi connectivity index (χ4v) is 5.39. The summed E-state index contributed by atoms with van der Waals surface area (Å²) < 4.78 is 14.0. The van der Waals surface area contributed by atoms with Crippen LogP contribution < -0.4 is 4.74 Å². The summed E-state index contributed by atoms with van der Waals surface area (Å²) >= 11 is 3.34. The largest absolute Gasteiger partial charge is 0.437 e. The molecule has 1 N–H and O–H groups in total. The van der Waals surface area contributed by atoms with Crippen LogP contribution in [0.1, 0.15) is 62.3 Å². The van der Waals surface area contributed by atoms with E-state index in [-0.39, 0.29) is 11.6 Å². The lowest BCUT2D eigenvalue weighted by Crippen LogP contribution is -2.22. The number of nitrogens with zero attached hydrogens (tertiary/aromatic N) is 5. The second-order valence-electron chi connectivity index (χ2n) is 14.4. The third kappa shape index (κ3) is 8.95. The van der Waals surface area contributed by atoms with Crippen LogP contribution in [0.2, 0.25) is 25.7 Å². The summed E-state index contributed by atoms with van der Waals surface area (Å²) in [6, 6.07) is 10.5. The number of aromatic nitrogens is 6. The van der Waals surface area contributed by atoms with E-state index < -0.39 is 18.9 Å². The molecule has 46 heavy (non-hydrogen) atoms. The van der Waals surface area contributed by atoms with Crippen LogP contribution in [0, 0.1) is 10.8 Å². The van der Waals surface area contributed by atoms with E-state index in [2.05, 4.69) is 60.5 Å². The van der Waals surface area contributed by atoms with E-state index >= 15 is 0 Å². The Labute approximate surface area is 279 Å². The maximum atomic E-state index is 12.7. The van der Waals surface area contributed by atoms with Crippen molar-refractivity contribution in [3.05, 3.63) is 70.8 Å². The van der Waals surface area contributed by atoms with Gasteiger partial charge < -0.3 is 19.0 Å². The van der Waals surface area contributed by atoms with Crippen LogP contribution in [0.3, 0.4) is 0 Å². The topological polar surface area (TPSA) is 125 Å². The van der Waals surface area contributed by atoms with E-state index in [1.807, 2.05) is 82.6 Å². The molecular weight excluding hydrogens is 664 g/mol. The van der Waals surface area contributed by atoms with Crippen molar-refractivity contribution in [2.24, 2.45) is 10.8 Å².